The number of ether oxygens (including phenoxy) is 1. The van der Waals surface area contributed by atoms with Crippen molar-refractivity contribution in [3.63, 3.8) is 0 Å². The maximum Gasteiger partial charge on any atom is 0.106 e. The Bertz CT molecular complexity index is 149. The largest absolute Gasteiger partial charge is 0.500 e. The molecule has 1 atom stereocenters. The normalized spacial score (nSPS) is 25.5. The van der Waals surface area contributed by atoms with Gasteiger partial charge in [-0.15, -0.1) is 0 Å². The summed E-state index contributed by atoms with van der Waals surface area (Å²) in [5.41, 5.74) is 0. The molecule has 0 radical (unpaired) electrons. The summed E-state index contributed by atoms with van der Waals surface area (Å²) in [5.74, 6) is 1.67. The number of thiol groups is 1. The fourth-order valence-corrected chi connectivity index (χ4v) is 1.83. The highest BCUT2D eigenvalue weighted by Gasteiger charge is 2.25. The summed E-state index contributed by atoms with van der Waals surface area (Å²) in [6.07, 6.45) is 2.39. The SMILES string of the molecule is C=C(OC)C1CCCN1CS. The summed E-state index contributed by atoms with van der Waals surface area (Å²) in [4.78, 5) is 2.27. The second-order valence-corrected chi connectivity index (χ2v) is 3.07. The van der Waals surface area contributed by atoms with Gasteiger partial charge in [0.1, 0.15) is 5.76 Å². The van der Waals surface area contributed by atoms with Crippen LogP contribution in [0.15, 0.2) is 12.3 Å². The van der Waals surface area contributed by atoms with Crippen molar-refractivity contribution < 1.29 is 4.74 Å². The number of hydrogen-bond donors (Lipinski definition) is 1. The predicted molar refractivity (Wildman–Crippen MR) is 49.7 cm³/mol. The molecule has 1 aliphatic rings. The van der Waals surface area contributed by atoms with E-state index in [9.17, 15) is 0 Å². The fraction of sp³-hybridized carbons (Fsp3) is 0.750. The minimum atomic E-state index is 0.400. The molecule has 1 rings (SSSR count). The van der Waals surface area contributed by atoms with E-state index in [-0.39, 0.29) is 0 Å². The minimum absolute atomic E-state index is 0.400. The summed E-state index contributed by atoms with van der Waals surface area (Å²) in [6.45, 7) is 4.98. The van der Waals surface area contributed by atoms with E-state index < -0.39 is 0 Å². The highest BCUT2D eigenvalue weighted by Crippen LogP contribution is 2.22. The average molecular weight is 173 g/mol. The molecule has 1 heterocycles. The van der Waals surface area contributed by atoms with Crippen LogP contribution < -0.4 is 0 Å². The van der Waals surface area contributed by atoms with Gasteiger partial charge in [0, 0.05) is 5.88 Å². The van der Waals surface area contributed by atoms with Gasteiger partial charge in [-0.05, 0) is 19.4 Å². The van der Waals surface area contributed by atoms with Crippen LogP contribution in [0.3, 0.4) is 0 Å². The lowest BCUT2D eigenvalue weighted by Gasteiger charge is -2.22. The van der Waals surface area contributed by atoms with Crippen molar-refractivity contribution >= 4 is 12.6 Å². The van der Waals surface area contributed by atoms with E-state index in [0.29, 0.717) is 6.04 Å². The fourth-order valence-electron chi connectivity index (χ4n) is 1.50. The minimum Gasteiger partial charge on any atom is -0.500 e. The van der Waals surface area contributed by atoms with Crippen LogP contribution in [0.2, 0.25) is 0 Å². The Kier molecular flexibility index (Phi) is 3.27. The number of hydrogen-bond acceptors (Lipinski definition) is 3. The van der Waals surface area contributed by atoms with Crippen LogP contribution in [0.4, 0.5) is 0 Å². The lowest BCUT2D eigenvalue weighted by atomic mass is 10.2. The quantitative estimate of drug-likeness (QED) is 0.513. The molecule has 0 aliphatic carbocycles. The molecular weight excluding hydrogens is 158 g/mol. The third-order valence-electron chi connectivity index (χ3n) is 2.18. The van der Waals surface area contributed by atoms with Crippen molar-refractivity contribution in [3.8, 4) is 0 Å². The van der Waals surface area contributed by atoms with Crippen molar-refractivity contribution in [3.05, 3.63) is 12.3 Å². The van der Waals surface area contributed by atoms with E-state index in [0.717, 1.165) is 24.6 Å². The first kappa shape index (κ1) is 8.94. The van der Waals surface area contributed by atoms with Crippen molar-refractivity contribution in [2.24, 2.45) is 0 Å². The molecule has 1 fully saturated rings. The number of methoxy groups -OCH3 is 1. The first-order valence-electron chi connectivity index (χ1n) is 3.87. The highest BCUT2D eigenvalue weighted by molar-refractivity contribution is 7.80. The third-order valence-corrected chi connectivity index (χ3v) is 2.54. The molecule has 0 spiro atoms. The van der Waals surface area contributed by atoms with Gasteiger partial charge in [0.2, 0.25) is 0 Å². The van der Waals surface area contributed by atoms with Gasteiger partial charge in [0.05, 0.1) is 13.2 Å². The van der Waals surface area contributed by atoms with E-state index in [1.807, 2.05) is 0 Å². The predicted octanol–water partition coefficient (Wildman–Crippen LogP) is 1.50. The van der Waals surface area contributed by atoms with Gasteiger partial charge in [-0.2, -0.15) is 12.6 Å². The second-order valence-electron chi connectivity index (χ2n) is 2.78. The Morgan fingerprint density at radius 2 is 2.55 bits per heavy atom. The lowest BCUT2D eigenvalue weighted by molar-refractivity contribution is 0.203. The van der Waals surface area contributed by atoms with Gasteiger partial charge in [0.25, 0.3) is 0 Å². The topological polar surface area (TPSA) is 12.5 Å². The van der Waals surface area contributed by atoms with Crippen molar-refractivity contribution in [2.75, 3.05) is 19.5 Å². The van der Waals surface area contributed by atoms with Gasteiger partial charge in [-0.1, -0.05) is 6.58 Å². The third kappa shape index (κ3) is 1.91. The first-order valence-corrected chi connectivity index (χ1v) is 4.50. The molecular formula is C8H15NOS. The maximum absolute atomic E-state index is 5.10. The molecule has 1 unspecified atom stereocenters. The smallest absolute Gasteiger partial charge is 0.106 e. The Morgan fingerprint density at radius 3 is 3.09 bits per heavy atom. The maximum atomic E-state index is 5.10. The molecule has 1 saturated heterocycles. The van der Waals surface area contributed by atoms with E-state index in [4.69, 9.17) is 4.74 Å². The van der Waals surface area contributed by atoms with E-state index in [1.54, 1.807) is 7.11 Å². The van der Waals surface area contributed by atoms with Crippen LogP contribution in [0.1, 0.15) is 12.8 Å². The molecule has 0 aromatic carbocycles. The number of rotatable bonds is 3. The molecule has 0 aromatic heterocycles. The van der Waals surface area contributed by atoms with Crippen LogP contribution in [-0.2, 0) is 4.74 Å². The zero-order valence-corrected chi connectivity index (χ0v) is 7.81. The first-order chi connectivity index (χ1) is 5.29. The molecule has 0 saturated carbocycles. The highest BCUT2D eigenvalue weighted by atomic mass is 32.1. The van der Waals surface area contributed by atoms with Crippen LogP contribution >= 0.6 is 12.6 Å². The van der Waals surface area contributed by atoms with Crippen molar-refractivity contribution in [1.29, 1.82) is 0 Å². The van der Waals surface area contributed by atoms with Gasteiger partial charge < -0.3 is 4.74 Å². The summed E-state index contributed by atoms with van der Waals surface area (Å²) >= 11 is 4.24. The van der Waals surface area contributed by atoms with Crippen LogP contribution in [-0.4, -0.2) is 30.5 Å². The van der Waals surface area contributed by atoms with Gasteiger partial charge in [-0.3, -0.25) is 4.90 Å². The zero-order valence-electron chi connectivity index (χ0n) is 6.92. The summed E-state index contributed by atoms with van der Waals surface area (Å²) in [6, 6.07) is 0.400. The molecule has 2 nitrogen and oxygen atoms in total. The molecule has 0 bridgehead atoms. The summed E-state index contributed by atoms with van der Waals surface area (Å²) < 4.78 is 5.10. The van der Waals surface area contributed by atoms with Crippen LogP contribution in [0.5, 0.6) is 0 Å². The van der Waals surface area contributed by atoms with Crippen LogP contribution in [0.25, 0.3) is 0 Å². The van der Waals surface area contributed by atoms with E-state index in [2.05, 4.69) is 24.1 Å². The van der Waals surface area contributed by atoms with Crippen molar-refractivity contribution in [2.45, 2.75) is 18.9 Å². The Hall–Kier alpha value is -0.150. The second kappa shape index (κ2) is 4.02. The standard InChI is InChI=1S/C8H15NOS/c1-7(10-2)8-4-3-5-9(8)6-11/h8,11H,1,3-6H2,2H3. The van der Waals surface area contributed by atoms with E-state index >= 15 is 0 Å². The molecule has 64 valence electrons. The number of likely N-dealkylation sites (tertiary alicyclic amines) is 1. The average Bonchev–Trinajstić information content (AvgIpc) is 2.50. The Morgan fingerprint density at radius 1 is 1.82 bits per heavy atom. The Labute approximate surface area is 73.6 Å². The molecule has 11 heavy (non-hydrogen) atoms. The molecule has 0 N–H and O–H groups in total. The lowest BCUT2D eigenvalue weighted by Crippen LogP contribution is -2.30. The molecule has 0 aromatic rings. The summed E-state index contributed by atoms with van der Waals surface area (Å²) in [5, 5.41) is 0. The molecule has 0 amide bonds. The number of nitrogens with zero attached hydrogens (tertiary/aromatic N) is 1. The zero-order chi connectivity index (χ0) is 8.27. The van der Waals surface area contributed by atoms with E-state index in [1.165, 1.54) is 6.42 Å². The van der Waals surface area contributed by atoms with Crippen LogP contribution in [0, 0.1) is 0 Å². The van der Waals surface area contributed by atoms with Crippen molar-refractivity contribution in [1.82, 2.24) is 4.90 Å². The Balaban J connectivity index is 2.49. The van der Waals surface area contributed by atoms with Gasteiger partial charge in [-0.25, -0.2) is 0 Å². The molecule has 3 heteroatoms. The van der Waals surface area contributed by atoms with Gasteiger partial charge in [0.15, 0.2) is 0 Å². The van der Waals surface area contributed by atoms with Gasteiger partial charge >= 0.3 is 0 Å². The monoisotopic (exact) mass is 173 g/mol. The molecule has 1 aliphatic heterocycles. The summed E-state index contributed by atoms with van der Waals surface area (Å²) in [7, 11) is 1.68.